The number of aliphatic hydroxyl groups excluding tert-OH is 1. The van der Waals surface area contributed by atoms with Gasteiger partial charge in [0.1, 0.15) is 11.7 Å². The molecule has 88 valence electrons. The van der Waals surface area contributed by atoms with Gasteiger partial charge < -0.3 is 17.5 Å². The van der Waals surface area contributed by atoms with E-state index in [4.69, 9.17) is 5.11 Å². The van der Waals surface area contributed by atoms with Crippen molar-refractivity contribution in [3.63, 3.8) is 0 Å². The summed E-state index contributed by atoms with van der Waals surface area (Å²) in [5.74, 6) is 0. The minimum atomic E-state index is 0. The molecular weight excluding hydrogens is 242 g/mol. The molecular formula is C12H16ClNOS. The van der Waals surface area contributed by atoms with Crippen molar-refractivity contribution in [3.05, 3.63) is 29.3 Å². The van der Waals surface area contributed by atoms with Crippen molar-refractivity contribution in [2.75, 3.05) is 6.61 Å². The lowest BCUT2D eigenvalue weighted by atomic mass is 10.2. The summed E-state index contributed by atoms with van der Waals surface area (Å²) in [6.07, 6.45) is 3.03. The van der Waals surface area contributed by atoms with Gasteiger partial charge in [0.15, 0.2) is 0 Å². The van der Waals surface area contributed by atoms with Gasteiger partial charge >= 0.3 is 0 Å². The van der Waals surface area contributed by atoms with Crippen LogP contribution in [-0.4, -0.2) is 11.7 Å². The van der Waals surface area contributed by atoms with Gasteiger partial charge in [0, 0.05) is 19.1 Å². The molecule has 0 fully saturated rings. The van der Waals surface area contributed by atoms with Gasteiger partial charge in [-0.2, -0.15) is 4.57 Å². The number of halogens is 1. The number of fused-ring (bicyclic) bond motifs is 1. The number of thiazole rings is 1. The fraction of sp³-hybridized carbons (Fsp3) is 0.417. The van der Waals surface area contributed by atoms with Crippen LogP contribution in [0.1, 0.15) is 17.8 Å². The molecule has 2 aromatic rings. The molecule has 0 aliphatic carbocycles. The Hall–Kier alpha value is -0.640. The molecule has 1 aromatic heterocycles. The predicted octanol–water partition coefficient (Wildman–Crippen LogP) is -0.955. The lowest BCUT2D eigenvalue weighted by Crippen LogP contribution is -3.00. The SMILES string of the molecule is C[n+]1c(CCCCO)sc2ccccc21.[Cl-]. The number of unbranched alkanes of at least 4 members (excludes halogenated alkanes) is 1. The van der Waals surface area contributed by atoms with Crippen molar-refractivity contribution in [1.29, 1.82) is 0 Å². The van der Waals surface area contributed by atoms with Gasteiger partial charge in [-0.15, -0.1) is 0 Å². The topological polar surface area (TPSA) is 24.1 Å². The van der Waals surface area contributed by atoms with Gasteiger partial charge in [0.2, 0.25) is 10.5 Å². The van der Waals surface area contributed by atoms with E-state index in [1.54, 1.807) is 0 Å². The number of hydrogen-bond acceptors (Lipinski definition) is 2. The smallest absolute Gasteiger partial charge is 0.238 e. The summed E-state index contributed by atoms with van der Waals surface area (Å²) in [5, 5.41) is 10.1. The first-order valence-electron chi connectivity index (χ1n) is 5.30. The molecule has 0 bridgehead atoms. The molecule has 0 radical (unpaired) electrons. The molecule has 0 saturated heterocycles. The summed E-state index contributed by atoms with van der Waals surface area (Å²) in [6.45, 7) is 0.300. The Morgan fingerprint density at radius 3 is 2.69 bits per heavy atom. The van der Waals surface area contributed by atoms with Gasteiger partial charge in [-0.05, 0) is 18.9 Å². The number of aliphatic hydroxyl groups is 1. The third-order valence-electron chi connectivity index (χ3n) is 2.63. The van der Waals surface area contributed by atoms with Gasteiger partial charge in [-0.1, -0.05) is 23.5 Å². The Balaban J connectivity index is 0.00000128. The van der Waals surface area contributed by atoms with E-state index in [0.29, 0.717) is 6.61 Å². The fourth-order valence-corrected chi connectivity index (χ4v) is 2.95. The van der Waals surface area contributed by atoms with Crippen LogP contribution in [0.25, 0.3) is 10.2 Å². The van der Waals surface area contributed by atoms with E-state index in [9.17, 15) is 0 Å². The maximum atomic E-state index is 8.75. The number of hydrogen-bond donors (Lipinski definition) is 1. The first-order chi connectivity index (χ1) is 7.33. The second-order valence-corrected chi connectivity index (χ2v) is 4.82. The molecule has 0 aliphatic rings. The number of aryl methyl sites for hydroxylation is 2. The average molecular weight is 258 g/mol. The molecule has 4 heteroatoms. The fourth-order valence-electron chi connectivity index (χ4n) is 1.76. The number of para-hydroxylation sites is 1. The van der Waals surface area contributed by atoms with Crippen LogP contribution in [-0.2, 0) is 13.5 Å². The third kappa shape index (κ3) is 2.73. The van der Waals surface area contributed by atoms with E-state index in [1.165, 1.54) is 15.2 Å². The largest absolute Gasteiger partial charge is 1.00 e. The zero-order valence-corrected chi connectivity index (χ0v) is 10.9. The molecule has 2 nitrogen and oxygen atoms in total. The molecule has 2 rings (SSSR count). The van der Waals surface area contributed by atoms with Gasteiger partial charge in [0.25, 0.3) is 0 Å². The molecule has 1 aromatic carbocycles. The van der Waals surface area contributed by atoms with Crippen LogP contribution >= 0.6 is 11.3 Å². The first-order valence-corrected chi connectivity index (χ1v) is 6.12. The number of benzene rings is 1. The van der Waals surface area contributed by atoms with Crippen molar-refractivity contribution in [2.24, 2.45) is 7.05 Å². The van der Waals surface area contributed by atoms with E-state index in [-0.39, 0.29) is 12.4 Å². The molecule has 0 spiro atoms. The minimum absolute atomic E-state index is 0. The minimum Gasteiger partial charge on any atom is -1.00 e. The monoisotopic (exact) mass is 257 g/mol. The van der Waals surface area contributed by atoms with Crippen LogP contribution in [0.3, 0.4) is 0 Å². The Kier molecular flexibility index (Phi) is 5.19. The molecule has 1 heterocycles. The highest BCUT2D eigenvalue weighted by Crippen LogP contribution is 2.20. The van der Waals surface area contributed by atoms with Crippen molar-refractivity contribution >= 4 is 21.6 Å². The highest BCUT2D eigenvalue weighted by atomic mass is 35.5. The summed E-state index contributed by atoms with van der Waals surface area (Å²) in [6, 6.07) is 8.47. The summed E-state index contributed by atoms with van der Waals surface area (Å²) >= 11 is 1.86. The maximum Gasteiger partial charge on any atom is 0.238 e. The number of nitrogens with zero attached hydrogens (tertiary/aromatic N) is 1. The Morgan fingerprint density at radius 1 is 1.25 bits per heavy atom. The van der Waals surface area contributed by atoms with E-state index < -0.39 is 0 Å². The van der Waals surface area contributed by atoms with E-state index in [0.717, 1.165) is 19.3 Å². The van der Waals surface area contributed by atoms with Crippen molar-refractivity contribution in [3.8, 4) is 0 Å². The number of rotatable bonds is 4. The molecule has 16 heavy (non-hydrogen) atoms. The molecule has 1 N–H and O–H groups in total. The van der Waals surface area contributed by atoms with Crippen LogP contribution < -0.4 is 17.0 Å². The van der Waals surface area contributed by atoms with Crippen molar-refractivity contribution in [1.82, 2.24) is 0 Å². The second kappa shape index (κ2) is 6.18. The average Bonchev–Trinajstić information content (AvgIpc) is 2.57. The highest BCUT2D eigenvalue weighted by Gasteiger charge is 2.14. The van der Waals surface area contributed by atoms with Gasteiger partial charge in [-0.3, -0.25) is 0 Å². The Morgan fingerprint density at radius 2 is 2.00 bits per heavy atom. The van der Waals surface area contributed by atoms with Crippen LogP contribution in [0.2, 0.25) is 0 Å². The first kappa shape index (κ1) is 13.4. The van der Waals surface area contributed by atoms with E-state index >= 15 is 0 Å². The Bertz CT molecular complexity index is 455. The zero-order chi connectivity index (χ0) is 10.7. The molecule has 0 saturated carbocycles. The lowest BCUT2D eigenvalue weighted by Gasteiger charge is -1.92. The molecule has 0 aliphatic heterocycles. The standard InChI is InChI=1S/C12H16NOS.ClH/c1-13-10-6-2-3-7-11(10)15-12(13)8-4-5-9-14;/h2-3,6-7,14H,4-5,8-9H2,1H3;1H/q+1;/p-1. The van der Waals surface area contributed by atoms with Crippen LogP contribution in [0.5, 0.6) is 0 Å². The van der Waals surface area contributed by atoms with Crippen LogP contribution in [0, 0.1) is 0 Å². The summed E-state index contributed by atoms with van der Waals surface area (Å²) in [7, 11) is 2.12. The molecule has 0 amide bonds. The summed E-state index contributed by atoms with van der Waals surface area (Å²) < 4.78 is 3.61. The maximum absolute atomic E-state index is 8.75. The lowest BCUT2D eigenvalue weighted by molar-refractivity contribution is -0.648. The highest BCUT2D eigenvalue weighted by molar-refractivity contribution is 7.18. The van der Waals surface area contributed by atoms with Gasteiger partial charge in [0.05, 0.1) is 0 Å². The zero-order valence-electron chi connectivity index (χ0n) is 9.32. The van der Waals surface area contributed by atoms with E-state index in [1.807, 2.05) is 11.3 Å². The Labute approximate surface area is 106 Å². The number of aromatic nitrogens is 1. The summed E-state index contributed by atoms with van der Waals surface area (Å²) in [5.41, 5.74) is 1.31. The second-order valence-electron chi connectivity index (χ2n) is 3.70. The molecule has 0 unspecified atom stereocenters. The van der Waals surface area contributed by atoms with Crippen molar-refractivity contribution in [2.45, 2.75) is 19.3 Å². The van der Waals surface area contributed by atoms with Crippen LogP contribution in [0.15, 0.2) is 24.3 Å². The van der Waals surface area contributed by atoms with Crippen LogP contribution in [0.4, 0.5) is 0 Å². The predicted molar refractivity (Wildman–Crippen MR) is 63.0 cm³/mol. The van der Waals surface area contributed by atoms with E-state index in [2.05, 4.69) is 35.9 Å². The van der Waals surface area contributed by atoms with Gasteiger partial charge in [-0.25, -0.2) is 0 Å². The quantitative estimate of drug-likeness (QED) is 0.554. The van der Waals surface area contributed by atoms with Crippen molar-refractivity contribution < 1.29 is 22.1 Å². The third-order valence-corrected chi connectivity index (χ3v) is 3.91. The molecule has 0 atom stereocenters. The summed E-state index contributed by atoms with van der Waals surface area (Å²) in [4.78, 5) is 0. The normalized spacial score (nSPS) is 10.4.